The van der Waals surface area contributed by atoms with Crippen LogP contribution in [0.4, 0.5) is 0 Å². The topological polar surface area (TPSA) is 41.5 Å². The van der Waals surface area contributed by atoms with Crippen molar-refractivity contribution in [2.45, 2.75) is 25.0 Å². The Labute approximate surface area is 134 Å². The molecule has 2 unspecified atom stereocenters. The molecule has 1 aliphatic rings. The summed E-state index contributed by atoms with van der Waals surface area (Å²) in [6, 6.07) is 5.54. The van der Waals surface area contributed by atoms with Crippen LogP contribution in [0.3, 0.4) is 0 Å². The largest absolute Gasteiger partial charge is 0.489 e. The number of hydrogen-bond acceptors (Lipinski definition) is 4. The molecule has 3 nitrogen and oxygen atoms in total. The molecule has 2 N–H and O–H groups in total. The number of hydrogen-bond donors (Lipinski definition) is 2. The first-order valence-electron chi connectivity index (χ1n) is 6.72. The second-order valence-corrected chi connectivity index (χ2v) is 6.86. The molecule has 1 aromatic rings. The smallest absolute Gasteiger partial charge is 0.139 e. The van der Waals surface area contributed by atoms with Crippen LogP contribution in [0.2, 0.25) is 10.0 Å². The number of thioether (sulfide) groups is 1. The Hall–Kier alpha value is -0.130. The molecule has 1 aliphatic heterocycles. The quantitative estimate of drug-likeness (QED) is 0.837. The minimum absolute atomic E-state index is 0.201. The molecular formula is C14H19Cl2NO2S. The number of aliphatic hydroxyl groups excluding tert-OH is 1. The summed E-state index contributed by atoms with van der Waals surface area (Å²) >= 11 is 13.8. The first kappa shape index (κ1) is 16.2. The summed E-state index contributed by atoms with van der Waals surface area (Å²) in [6.07, 6.45) is 1.87. The fraction of sp³-hybridized carbons (Fsp3) is 0.571. The van der Waals surface area contributed by atoms with Crippen molar-refractivity contribution in [1.29, 1.82) is 0 Å². The standard InChI is InChI=1S/C14H19Cl2NO2S/c15-10-3-4-13(16)14(6-10)19-8-12(18)7-17-11-2-1-5-20-9-11/h3-4,6,11-12,17-18H,1-2,5,7-9H2. The van der Waals surface area contributed by atoms with Crippen molar-refractivity contribution in [1.82, 2.24) is 5.32 Å². The van der Waals surface area contributed by atoms with E-state index >= 15 is 0 Å². The predicted octanol–water partition coefficient (Wildman–Crippen LogP) is 3.22. The lowest BCUT2D eigenvalue weighted by Gasteiger charge is -2.24. The zero-order valence-corrected chi connectivity index (χ0v) is 13.5. The second kappa shape index (κ2) is 8.35. The van der Waals surface area contributed by atoms with Crippen molar-refractivity contribution in [3.05, 3.63) is 28.2 Å². The third-order valence-electron chi connectivity index (χ3n) is 3.13. The molecule has 2 rings (SSSR count). The lowest BCUT2D eigenvalue weighted by molar-refractivity contribution is 0.104. The number of nitrogens with one attached hydrogen (secondary N) is 1. The van der Waals surface area contributed by atoms with Gasteiger partial charge in [-0.1, -0.05) is 23.2 Å². The monoisotopic (exact) mass is 335 g/mol. The maximum atomic E-state index is 9.93. The summed E-state index contributed by atoms with van der Waals surface area (Å²) in [5, 5.41) is 14.4. The van der Waals surface area contributed by atoms with E-state index in [0.717, 1.165) is 5.75 Å². The van der Waals surface area contributed by atoms with Crippen molar-refractivity contribution in [3.63, 3.8) is 0 Å². The fourth-order valence-corrected chi connectivity index (χ4v) is 3.48. The van der Waals surface area contributed by atoms with Crippen LogP contribution in [0, 0.1) is 0 Å². The van der Waals surface area contributed by atoms with Gasteiger partial charge in [0.25, 0.3) is 0 Å². The summed E-state index contributed by atoms with van der Waals surface area (Å²) in [5.41, 5.74) is 0. The Morgan fingerprint density at radius 3 is 3.05 bits per heavy atom. The Balaban J connectivity index is 1.71. The molecule has 0 spiro atoms. The molecule has 0 amide bonds. The van der Waals surface area contributed by atoms with E-state index in [4.69, 9.17) is 27.9 Å². The van der Waals surface area contributed by atoms with Crippen LogP contribution in [0.25, 0.3) is 0 Å². The molecule has 2 atom stereocenters. The zero-order valence-electron chi connectivity index (χ0n) is 11.1. The Kier molecular flexibility index (Phi) is 6.78. The maximum absolute atomic E-state index is 9.93. The van der Waals surface area contributed by atoms with Crippen molar-refractivity contribution < 1.29 is 9.84 Å². The van der Waals surface area contributed by atoms with E-state index in [0.29, 0.717) is 28.4 Å². The summed E-state index contributed by atoms with van der Waals surface area (Å²) in [4.78, 5) is 0. The van der Waals surface area contributed by atoms with Gasteiger partial charge >= 0.3 is 0 Å². The molecule has 6 heteroatoms. The summed E-state index contributed by atoms with van der Waals surface area (Å²) < 4.78 is 5.51. The highest BCUT2D eigenvalue weighted by atomic mass is 35.5. The average Bonchev–Trinajstić information content (AvgIpc) is 2.47. The molecule has 0 saturated carbocycles. The average molecular weight is 336 g/mol. The molecule has 1 aromatic carbocycles. The van der Waals surface area contributed by atoms with E-state index in [-0.39, 0.29) is 6.61 Å². The van der Waals surface area contributed by atoms with E-state index in [1.807, 2.05) is 11.8 Å². The van der Waals surface area contributed by atoms with Gasteiger partial charge in [0.1, 0.15) is 18.5 Å². The summed E-state index contributed by atoms with van der Waals surface area (Å²) in [5.74, 6) is 2.87. The van der Waals surface area contributed by atoms with Gasteiger partial charge in [-0.15, -0.1) is 0 Å². The molecule has 1 saturated heterocycles. The predicted molar refractivity (Wildman–Crippen MR) is 86.3 cm³/mol. The Bertz CT molecular complexity index is 428. The first-order valence-corrected chi connectivity index (χ1v) is 8.63. The highest BCUT2D eigenvalue weighted by molar-refractivity contribution is 7.99. The van der Waals surface area contributed by atoms with Gasteiger partial charge in [-0.05, 0) is 30.7 Å². The van der Waals surface area contributed by atoms with Gasteiger partial charge in [0.2, 0.25) is 0 Å². The van der Waals surface area contributed by atoms with Crippen molar-refractivity contribution >= 4 is 35.0 Å². The maximum Gasteiger partial charge on any atom is 0.139 e. The molecule has 0 bridgehead atoms. The molecule has 112 valence electrons. The lowest BCUT2D eigenvalue weighted by Crippen LogP contribution is -2.40. The van der Waals surface area contributed by atoms with Gasteiger partial charge in [-0.3, -0.25) is 0 Å². The third kappa shape index (κ3) is 5.34. The van der Waals surface area contributed by atoms with E-state index in [1.54, 1.807) is 18.2 Å². The Morgan fingerprint density at radius 2 is 2.30 bits per heavy atom. The zero-order chi connectivity index (χ0) is 14.4. The highest BCUT2D eigenvalue weighted by Gasteiger charge is 2.15. The SMILES string of the molecule is OC(CNC1CCCSC1)COc1cc(Cl)ccc1Cl. The van der Waals surface area contributed by atoms with Crippen LogP contribution in [-0.2, 0) is 0 Å². The number of halogens is 2. The van der Waals surface area contributed by atoms with E-state index in [2.05, 4.69) is 5.32 Å². The third-order valence-corrected chi connectivity index (χ3v) is 4.89. The van der Waals surface area contributed by atoms with Gasteiger partial charge in [0, 0.05) is 29.4 Å². The van der Waals surface area contributed by atoms with Gasteiger partial charge in [-0.25, -0.2) is 0 Å². The van der Waals surface area contributed by atoms with Gasteiger partial charge < -0.3 is 15.2 Å². The van der Waals surface area contributed by atoms with Crippen molar-refractivity contribution in [2.24, 2.45) is 0 Å². The van der Waals surface area contributed by atoms with E-state index in [1.165, 1.54) is 18.6 Å². The van der Waals surface area contributed by atoms with Crippen LogP contribution in [0.5, 0.6) is 5.75 Å². The number of benzene rings is 1. The minimum atomic E-state index is -0.558. The molecule has 1 fully saturated rings. The molecule has 0 aromatic heterocycles. The van der Waals surface area contributed by atoms with Crippen LogP contribution in [0.1, 0.15) is 12.8 Å². The minimum Gasteiger partial charge on any atom is -0.489 e. The highest BCUT2D eigenvalue weighted by Crippen LogP contribution is 2.27. The lowest BCUT2D eigenvalue weighted by atomic mass is 10.2. The van der Waals surface area contributed by atoms with Gasteiger partial charge in [0.05, 0.1) is 5.02 Å². The Morgan fingerprint density at radius 1 is 1.45 bits per heavy atom. The first-order chi connectivity index (χ1) is 9.65. The molecule has 1 heterocycles. The van der Waals surface area contributed by atoms with Gasteiger partial charge in [-0.2, -0.15) is 11.8 Å². The molecule has 20 heavy (non-hydrogen) atoms. The number of rotatable bonds is 6. The van der Waals surface area contributed by atoms with Crippen molar-refractivity contribution in [2.75, 3.05) is 24.7 Å². The van der Waals surface area contributed by atoms with Crippen molar-refractivity contribution in [3.8, 4) is 5.75 Å². The van der Waals surface area contributed by atoms with Crippen LogP contribution in [-0.4, -0.2) is 41.9 Å². The summed E-state index contributed by atoms with van der Waals surface area (Å²) in [6.45, 7) is 0.732. The number of ether oxygens (including phenoxy) is 1. The van der Waals surface area contributed by atoms with Crippen LogP contribution >= 0.6 is 35.0 Å². The van der Waals surface area contributed by atoms with Gasteiger partial charge in [0.15, 0.2) is 0 Å². The molecule has 0 aliphatic carbocycles. The molecular weight excluding hydrogens is 317 g/mol. The van der Waals surface area contributed by atoms with E-state index < -0.39 is 6.10 Å². The normalized spacial score (nSPS) is 20.6. The summed E-state index contributed by atoms with van der Waals surface area (Å²) in [7, 11) is 0. The number of aliphatic hydroxyl groups is 1. The van der Waals surface area contributed by atoms with E-state index in [9.17, 15) is 5.11 Å². The van der Waals surface area contributed by atoms with Crippen LogP contribution in [0.15, 0.2) is 18.2 Å². The van der Waals surface area contributed by atoms with Crippen LogP contribution < -0.4 is 10.1 Å². The fourth-order valence-electron chi connectivity index (χ4n) is 2.04. The molecule has 0 radical (unpaired) electrons. The second-order valence-electron chi connectivity index (χ2n) is 4.86.